The Kier molecular flexibility index (Phi) is 7.79. The van der Waals surface area contributed by atoms with E-state index in [0.717, 1.165) is 25.7 Å². The quantitative estimate of drug-likeness (QED) is 0.352. The summed E-state index contributed by atoms with van der Waals surface area (Å²) >= 11 is 0. The van der Waals surface area contributed by atoms with Gasteiger partial charge in [-0.2, -0.15) is 0 Å². The molecule has 10 atom stereocenters. The number of carbonyl (C=O) groups excluding carboxylic acids is 1. The largest absolute Gasteiger partial charge is 0.462 e. The van der Waals surface area contributed by atoms with Crippen molar-refractivity contribution in [2.75, 3.05) is 6.61 Å². The number of fused-ring (bicyclic) bond motifs is 2. The molecule has 0 saturated carbocycles. The van der Waals surface area contributed by atoms with Gasteiger partial charge in [0.2, 0.25) is 0 Å². The van der Waals surface area contributed by atoms with Gasteiger partial charge in [0.15, 0.2) is 5.79 Å². The smallest absolute Gasteiger partial charge is 0.316 e. The van der Waals surface area contributed by atoms with Crippen LogP contribution in [0.15, 0.2) is 47.1 Å². The van der Waals surface area contributed by atoms with Crippen LogP contribution in [0.1, 0.15) is 73.1 Å². The van der Waals surface area contributed by atoms with E-state index in [1.807, 2.05) is 12.2 Å². The molecule has 1 spiro atoms. The summed E-state index contributed by atoms with van der Waals surface area (Å²) in [5.41, 5.74) is 0.783. The monoisotopic (exact) mass is 528 g/mol. The zero-order chi connectivity index (χ0) is 27.2. The molecule has 0 aromatic heterocycles. The standard InChI is InChI=1S/C31H44O7/c1-18-7-6-8-23-17-35-28-27(32)21(4)14-26(31(23,28)34)29(33)36-25-15-24(10-9-19(2)13-18)38-30(16-25)12-11-20(3)22(5)37-30/h6-9,14,18,20,22,24-28,32,34H,10-13,15-17H2,1-5H3/b7-6+,19-9-,23-8-/t18-,20-,22+,24+,25-,26-,27+,28+,30-,31-/m0/s1. The van der Waals surface area contributed by atoms with Gasteiger partial charge in [-0.15, -0.1) is 0 Å². The number of hydrogen-bond donors (Lipinski definition) is 2. The average molecular weight is 529 g/mol. The Labute approximate surface area is 226 Å². The first-order chi connectivity index (χ1) is 18.0. The van der Waals surface area contributed by atoms with E-state index in [1.54, 1.807) is 13.0 Å². The van der Waals surface area contributed by atoms with Gasteiger partial charge >= 0.3 is 5.97 Å². The van der Waals surface area contributed by atoms with Gasteiger partial charge in [-0.1, -0.05) is 49.8 Å². The molecule has 0 aromatic rings. The van der Waals surface area contributed by atoms with Crippen molar-refractivity contribution in [2.24, 2.45) is 17.8 Å². The van der Waals surface area contributed by atoms with Crippen LogP contribution in [0.5, 0.6) is 0 Å². The highest BCUT2D eigenvalue weighted by atomic mass is 16.7. The van der Waals surface area contributed by atoms with E-state index in [-0.39, 0.29) is 18.8 Å². The molecule has 0 unspecified atom stereocenters. The first kappa shape index (κ1) is 27.8. The molecule has 7 heteroatoms. The molecular formula is C31H44O7. The Morgan fingerprint density at radius 1 is 1.11 bits per heavy atom. The lowest BCUT2D eigenvalue weighted by Gasteiger charge is -2.49. The molecule has 2 N–H and O–H groups in total. The Hall–Kier alpha value is -1.77. The summed E-state index contributed by atoms with van der Waals surface area (Å²) < 4.78 is 25.2. The van der Waals surface area contributed by atoms with Crippen LogP contribution in [0.25, 0.3) is 0 Å². The van der Waals surface area contributed by atoms with Crippen LogP contribution in [-0.4, -0.2) is 64.7 Å². The SMILES string of the molecule is CC1=C[C@H]2C(=O)O[C@H]3C[C@@H](C/C=C(/C)C[C@@H](C)/C=C/C=C4/CO[C@H]([C@@H]1O)[C@]42O)O[C@@]1(CC[C@H](C)[C@@H](C)O1)C3. The number of aliphatic hydroxyl groups excluding tert-OH is 1. The van der Waals surface area contributed by atoms with Gasteiger partial charge in [0.25, 0.3) is 0 Å². The third kappa shape index (κ3) is 5.20. The topological polar surface area (TPSA) is 94.5 Å². The summed E-state index contributed by atoms with van der Waals surface area (Å²) in [5, 5.41) is 22.8. The minimum absolute atomic E-state index is 0.0526. The van der Waals surface area contributed by atoms with Gasteiger partial charge < -0.3 is 29.2 Å². The fourth-order valence-corrected chi connectivity index (χ4v) is 6.85. The van der Waals surface area contributed by atoms with Crippen LogP contribution < -0.4 is 0 Å². The number of esters is 1. The van der Waals surface area contributed by atoms with E-state index in [2.05, 4.69) is 39.8 Å². The third-order valence-electron chi connectivity index (χ3n) is 9.30. The van der Waals surface area contributed by atoms with Crippen LogP contribution >= 0.6 is 0 Å². The van der Waals surface area contributed by atoms with Gasteiger partial charge in [-0.3, -0.25) is 4.79 Å². The summed E-state index contributed by atoms with van der Waals surface area (Å²) in [5.74, 6) is -1.53. The lowest BCUT2D eigenvalue weighted by molar-refractivity contribution is -0.332. The molecule has 3 saturated heterocycles. The van der Waals surface area contributed by atoms with E-state index in [4.69, 9.17) is 18.9 Å². The highest BCUT2D eigenvalue weighted by Crippen LogP contribution is 2.47. The Morgan fingerprint density at radius 2 is 1.89 bits per heavy atom. The molecule has 0 radical (unpaired) electrons. The van der Waals surface area contributed by atoms with Crippen molar-refractivity contribution >= 4 is 5.97 Å². The molecule has 0 amide bonds. The van der Waals surface area contributed by atoms with Gasteiger partial charge in [-0.25, -0.2) is 0 Å². The Balaban J connectivity index is 1.51. The predicted molar refractivity (Wildman–Crippen MR) is 143 cm³/mol. The highest BCUT2D eigenvalue weighted by molar-refractivity contribution is 5.78. The zero-order valence-corrected chi connectivity index (χ0v) is 23.4. The minimum atomic E-state index is -1.68. The van der Waals surface area contributed by atoms with E-state index in [0.29, 0.717) is 35.8 Å². The molecule has 210 valence electrons. The zero-order valence-electron chi connectivity index (χ0n) is 23.4. The predicted octanol–water partition coefficient (Wildman–Crippen LogP) is 4.53. The number of ether oxygens (including phenoxy) is 4. The molecule has 4 heterocycles. The van der Waals surface area contributed by atoms with Crippen molar-refractivity contribution in [1.82, 2.24) is 0 Å². The highest BCUT2D eigenvalue weighted by Gasteiger charge is 2.60. The van der Waals surface area contributed by atoms with E-state index >= 15 is 0 Å². The second-order valence-electron chi connectivity index (χ2n) is 12.4. The summed E-state index contributed by atoms with van der Waals surface area (Å²) in [6.45, 7) is 10.5. The number of allylic oxidation sites excluding steroid dienone is 4. The molecule has 38 heavy (non-hydrogen) atoms. The van der Waals surface area contributed by atoms with Crippen LogP contribution in [0.2, 0.25) is 0 Å². The first-order valence-corrected chi connectivity index (χ1v) is 14.3. The van der Waals surface area contributed by atoms with Gasteiger partial charge in [-0.05, 0) is 63.0 Å². The summed E-state index contributed by atoms with van der Waals surface area (Å²) in [4.78, 5) is 13.8. The van der Waals surface area contributed by atoms with Gasteiger partial charge in [0.05, 0.1) is 18.8 Å². The number of hydrogen-bond acceptors (Lipinski definition) is 7. The molecule has 0 aromatic carbocycles. The maximum Gasteiger partial charge on any atom is 0.316 e. The number of carbonyl (C=O) groups is 1. The summed E-state index contributed by atoms with van der Waals surface area (Å²) in [6.07, 6.45) is 11.8. The summed E-state index contributed by atoms with van der Waals surface area (Å²) in [7, 11) is 0. The minimum Gasteiger partial charge on any atom is -0.462 e. The molecule has 5 aliphatic rings. The van der Waals surface area contributed by atoms with Crippen LogP contribution in [0, 0.1) is 17.8 Å². The molecule has 2 bridgehead atoms. The Bertz CT molecular complexity index is 1040. The number of rotatable bonds is 0. The Morgan fingerprint density at radius 3 is 2.66 bits per heavy atom. The summed E-state index contributed by atoms with van der Waals surface area (Å²) in [6, 6.07) is 0. The third-order valence-corrected chi connectivity index (χ3v) is 9.30. The second-order valence-corrected chi connectivity index (χ2v) is 12.4. The average Bonchev–Trinajstić information content (AvgIpc) is 3.19. The maximum atomic E-state index is 13.8. The molecule has 1 aliphatic carbocycles. The van der Waals surface area contributed by atoms with E-state index in [9.17, 15) is 15.0 Å². The van der Waals surface area contributed by atoms with Crippen LogP contribution in [-0.2, 0) is 23.7 Å². The van der Waals surface area contributed by atoms with Crippen LogP contribution in [0.4, 0.5) is 0 Å². The molecule has 7 nitrogen and oxygen atoms in total. The first-order valence-electron chi connectivity index (χ1n) is 14.3. The van der Waals surface area contributed by atoms with Crippen molar-refractivity contribution in [3.63, 3.8) is 0 Å². The molecule has 5 rings (SSSR count). The van der Waals surface area contributed by atoms with E-state index < -0.39 is 41.6 Å². The van der Waals surface area contributed by atoms with Crippen molar-refractivity contribution in [3.8, 4) is 0 Å². The van der Waals surface area contributed by atoms with Crippen molar-refractivity contribution in [1.29, 1.82) is 0 Å². The lowest BCUT2D eigenvalue weighted by Crippen LogP contribution is -2.58. The van der Waals surface area contributed by atoms with Gasteiger partial charge in [0, 0.05) is 19.3 Å². The van der Waals surface area contributed by atoms with Gasteiger partial charge in [0.1, 0.15) is 29.8 Å². The normalized spacial score (nSPS) is 49.7. The maximum absolute atomic E-state index is 13.8. The fourth-order valence-electron chi connectivity index (χ4n) is 6.85. The van der Waals surface area contributed by atoms with E-state index in [1.165, 1.54) is 5.57 Å². The molecule has 3 fully saturated rings. The molecule has 4 aliphatic heterocycles. The van der Waals surface area contributed by atoms with Crippen molar-refractivity contribution in [3.05, 3.63) is 47.1 Å². The van der Waals surface area contributed by atoms with Crippen LogP contribution in [0.3, 0.4) is 0 Å². The second kappa shape index (κ2) is 10.7. The fraction of sp³-hybridized carbons (Fsp3) is 0.710. The number of aliphatic hydroxyl groups is 2. The lowest BCUT2D eigenvalue weighted by atomic mass is 9.71. The van der Waals surface area contributed by atoms with Crippen molar-refractivity contribution < 1.29 is 34.0 Å². The van der Waals surface area contributed by atoms with Crippen molar-refractivity contribution in [2.45, 2.75) is 115 Å². The molecular weight excluding hydrogens is 484 g/mol.